The highest BCUT2D eigenvalue weighted by Crippen LogP contribution is 2.43. The molecule has 0 rings (SSSR count). The van der Waals surface area contributed by atoms with E-state index in [2.05, 4.69) is 50.4 Å². The number of phosphoric acid groups is 1. The number of esters is 1. The third kappa shape index (κ3) is 52.9. The summed E-state index contributed by atoms with van der Waals surface area (Å²) in [6.07, 6.45) is 61.5. The molecule has 0 saturated carbocycles. The summed E-state index contributed by atoms with van der Waals surface area (Å²) in [6, 6.07) is -0.848. The Labute approximate surface area is 440 Å². The van der Waals surface area contributed by atoms with Crippen molar-refractivity contribution in [3.05, 3.63) is 36.5 Å². The van der Waals surface area contributed by atoms with Crippen LogP contribution in [0.5, 0.6) is 0 Å². The number of unbranched alkanes of at least 4 members (excludes halogenated alkanes) is 35. The van der Waals surface area contributed by atoms with Crippen LogP contribution in [-0.4, -0.2) is 74.3 Å². The zero-order valence-corrected chi connectivity index (χ0v) is 48.6. The summed E-state index contributed by atoms with van der Waals surface area (Å²) in [7, 11) is 1.50. The molecule has 71 heavy (non-hydrogen) atoms. The summed E-state index contributed by atoms with van der Waals surface area (Å²) in [6.45, 7) is 6.98. The molecule has 0 heterocycles. The number of amides is 1. The van der Waals surface area contributed by atoms with Crippen molar-refractivity contribution in [3.63, 3.8) is 0 Å². The molecule has 0 radical (unpaired) electrons. The van der Waals surface area contributed by atoms with E-state index in [1.807, 2.05) is 33.3 Å². The number of rotatable bonds is 55. The highest BCUT2D eigenvalue weighted by Gasteiger charge is 2.30. The zero-order valence-electron chi connectivity index (χ0n) is 47.7. The van der Waals surface area contributed by atoms with Crippen molar-refractivity contribution in [1.29, 1.82) is 0 Å². The third-order valence-electron chi connectivity index (χ3n) is 13.6. The van der Waals surface area contributed by atoms with Crippen LogP contribution in [-0.2, 0) is 27.9 Å². The Morgan fingerprint density at radius 2 is 0.831 bits per heavy atom. The van der Waals surface area contributed by atoms with Gasteiger partial charge in [0.1, 0.15) is 19.3 Å². The second kappa shape index (κ2) is 51.7. The summed E-state index contributed by atoms with van der Waals surface area (Å²) in [4.78, 5) is 37.5. The molecule has 418 valence electrons. The van der Waals surface area contributed by atoms with Crippen LogP contribution in [0.25, 0.3) is 0 Å². The van der Waals surface area contributed by atoms with Crippen molar-refractivity contribution < 1.29 is 37.3 Å². The number of hydrogen-bond donors (Lipinski definition) is 2. The van der Waals surface area contributed by atoms with E-state index in [1.165, 1.54) is 173 Å². The van der Waals surface area contributed by atoms with Crippen LogP contribution in [0.3, 0.4) is 0 Å². The number of phosphoric ester groups is 1. The Hall–Kier alpha value is -1.77. The minimum absolute atomic E-state index is 0.0402. The first-order chi connectivity index (χ1) is 34.4. The Bertz CT molecular complexity index is 1310. The van der Waals surface area contributed by atoms with E-state index < -0.39 is 20.0 Å². The molecule has 0 aromatic heterocycles. The van der Waals surface area contributed by atoms with Crippen LogP contribution in [0.4, 0.5) is 0 Å². The van der Waals surface area contributed by atoms with E-state index >= 15 is 0 Å². The number of carbonyl (C=O) groups is 2. The molecule has 9 nitrogen and oxygen atoms in total. The van der Waals surface area contributed by atoms with Crippen LogP contribution >= 0.6 is 7.82 Å². The summed E-state index contributed by atoms with van der Waals surface area (Å²) in [5, 5.41) is 3.04. The maximum atomic E-state index is 13.4. The van der Waals surface area contributed by atoms with Crippen LogP contribution < -0.4 is 5.32 Å². The molecule has 2 N–H and O–H groups in total. The van der Waals surface area contributed by atoms with Gasteiger partial charge in [-0.05, 0) is 76.7 Å². The van der Waals surface area contributed by atoms with Crippen molar-refractivity contribution in [3.8, 4) is 0 Å². The smallest absolute Gasteiger partial charge is 0.456 e. The van der Waals surface area contributed by atoms with Gasteiger partial charge in [0.15, 0.2) is 0 Å². The second-order valence-corrected chi connectivity index (χ2v) is 23.3. The van der Waals surface area contributed by atoms with Gasteiger partial charge in [0.25, 0.3) is 0 Å². The minimum atomic E-state index is -4.44. The van der Waals surface area contributed by atoms with Gasteiger partial charge in [0.2, 0.25) is 5.91 Å². The SMILES string of the molecule is CCCC/C=C\CCCCCCCC(=O)NC(COP(=O)(O)OCC[N+](C)(C)C)C(/C=C\CCCCCCCCCCC)OC(=O)CCCCCCCCCCCCCCC/C=C/CCCCCCCC. The molecule has 0 spiro atoms. The molecule has 0 aliphatic rings. The molecule has 0 aliphatic heterocycles. The van der Waals surface area contributed by atoms with Crippen molar-refractivity contribution >= 4 is 19.7 Å². The molecular weight excluding hydrogens is 904 g/mol. The Kier molecular flexibility index (Phi) is 50.4. The number of nitrogens with zero attached hydrogens (tertiary/aromatic N) is 1. The normalized spacial score (nSPS) is 14.0. The van der Waals surface area contributed by atoms with Crippen molar-refractivity contribution in [2.24, 2.45) is 0 Å². The highest BCUT2D eigenvalue weighted by molar-refractivity contribution is 7.47. The number of ether oxygens (including phenoxy) is 1. The zero-order chi connectivity index (χ0) is 52.2. The summed E-state index contributed by atoms with van der Waals surface area (Å²) < 4.78 is 30.6. The van der Waals surface area contributed by atoms with E-state index in [1.54, 1.807) is 0 Å². The van der Waals surface area contributed by atoms with Gasteiger partial charge in [-0.1, -0.05) is 237 Å². The highest BCUT2D eigenvalue weighted by atomic mass is 31.2. The fourth-order valence-corrected chi connectivity index (χ4v) is 9.53. The molecule has 0 aromatic carbocycles. The van der Waals surface area contributed by atoms with E-state index in [9.17, 15) is 19.0 Å². The molecule has 0 fully saturated rings. The largest absolute Gasteiger partial charge is 0.472 e. The quantitative estimate of drug-likeness (QED) is 0.0205. The number of quaternary nitrogens is 1. The van der Waals surface area contributed by atoms with E-state index in [0.717, 1.165) is 83.5 Å². The van der Waals surface area contributed by atoms with Crippen LogP contribution in [0.1, 0.15) is 290 Å². The fourth-order valence-electron chi connectivity index (χ4n) is 8.80. The van der Waals surface area contributed by atoms with Gasteiger partial charge in [0.05, 0.1) is 33.8 Å². The molecule has 10 heteroatoms. The van der Waals surface area contributed by atoms with Crippen LogP contribution in [0.15, 0.2) is 36.5 Å². The Balaban J connectivity index is 5.08. The van der Waals surface area contributed by atoms with Crippen molar-refractivity contribution in [2.45, 2.75) is 303 Å². The monoisotopic (exact) mass is 1020 g/mol. The average Bonchev–Trinajstić information content (AvgIpc) is 3.33. The Morgan fingerprint density at radius 3 is 1.24 bits per heavy atom. The summed E-state index contributed by atoms with van der Waals surface area (Å²) in [5.74, 6) is -0.509. The van der Waals surface area contributed by atoms with Gasteiger partial charge in [-0.25, -0.2) is 4.57 Å². The molecule has 0 bridgehead atoms. The first-order valence-electron chi connectivity index (χ1n) is 30.3. The summed E-state index contributed by atoms with van der Waals surface area (Å²) >= 11 is 0. The molecule has 1 amide bonds. The Morgan fingerprint density at radius 1 is 0.479 bits per heavy atom. The average molecular weight is 1020 g/mol. The maximum Gasteiger partial charge on any atom is 0.472 e. The lowest BCUT2D eigenvalue weighted by atomic mass is 10.0. The van der Waals surface area contributed by atoms with Gasteiger partial charge < -0.3 is 19.4 Å². The lowest BCUT2D eigenvalue weighted by Gasteiger charge is -2.27. The topological polar surface area (TPSA) is 111 Å². The predicted molar refractivity (Wildman–Crippen MR) is 305 cm³/mol. The lowest BCUT2D eigenvalue weighted by molar-refractivity contribution is -0.870. The first-order valence-corrected chi connectivity index (χ1v) is 31.8. The van der Waals surface area contributed by atoms with Crippen molar-refractivity contribution in [1.82, 2.24) is 5.32 Å². The number of nitrogens with one attached hydrogen (secondary N) is 1. The molecule has 0 aromatic rings. The van der Waals surface area contributed by atoms with Gasteiger partial charge in [-0.2, -0.15) is 0 Å². The van der Waals surface area contributed by atoms with Crippen LogP contribution in [0, 0.1) is 0 Å². The first kappa shape index (κ1) is 69.2. The third-order valence-corrected chi connectivity index (χ3v) is 14.5. The van der Waals surface area contributed by atoms with Crippen LogP contribution in [0.2, 0.25) is 0 Å². The molecule has 3 atom stereocenters. The van der Waals surface area contributed by atoms with E-state index in [0.29, 0.717) is 23.9 Å². The number of likely N-dealkylation sites (N-methyl/N-ethyl adjacent to an activating group) is 1. The van der Waals surface area contributed by atoms with E-state index in [4.69, 9.17) is 13.8 Å². The minimum Gasteiger partial charge on any atom is -0.456 e. The molecular formula is C61H118N2O7P+. The summed E-state index contributed by atoms with van der Waals surface area (Å²) in [5.41, 5.74) is 0. The standard InChI is InChI=1S/C61H117N2O7P/c1-7-10-13-16-19-22-25-26-27-28-29-30-31-32-33-34-35-36-39-42-45-48-51-54-61(65)70-59(52-49-46-43-40-37-23-20-17-14-11-8-2)58(57-69-71(66,67)68-56-55-63(4,5)6)62-60(64)53-50-47-44-41-38-24-21-18-15-12-9-3/h18,21,26-27,49,52,58-59H,7-17,19-20,22-25,28-48,50-51,53-57H2,1-6H3,(H-,62,64,66,67)/p+1/b21-18-,27-26+,52-49-. The predicted octanol–water partition coefficient (Wildman–Crippen LogP) is 18.3. The molecule has 3 unspecified atom stereocenters. The van der Waals surface area contributed by atoms with Gasteiger partial charge in [-0.15, -0.1) is 0 Å². The number of hydrogen-bond acceptors (Lipinski definition) is 6. The fraction of sp³-hybridized carbons (Fsp3) is 0.869. The van der Waals surface area contributed by atoms with Crippen molar-refractivity contribution in [2.75, 3.05) is 40.9 Å². The van der Waals surface area contributed by atoms with Gasteiger partial charge in [-0.3, -0.25) is 18.6 Å². The number of allylic oxidation sites excluding steroid dienone is 5. The maximum absolute atomic E-state index is 13.4. The van der Waals surface area contributed by atoms with E-state index in [-0.39, 0.29) is 25.1 Å². The second-order valence-electron chi connectivity index (χ2n) is 21.9. The van der Waals surface area contributed by atoms with Gasteiger partial charge >= 0.3 is 13.8 Å². The van der Waals surface area contributed by atoms with Gasteiger partial charge in [0, 0.05) is 12.8 Å². The molecule has 0 saturated heterocycles. The lowest BCUT2D eigenvalue weighted by Crippen LogP contribution is -2.47. The number of carbonyl (C=O) groups excluding carboxylic acids is 2. The molecule has 0 aliphatic carbocycles.